The lowest BCUT2D eigenvalue weighted by atomic mass is 10.0. The molecule has 1 aromatic heterocycles. The van der Waals surface area contributed by atoms with Crippen molar-refractivity contribution in [3.05, 3.63) is 24.0 Å². The van der Waals surface area contributed by atoms with Gasteiger partial charge in [0.25, 0.3) is 5.91 Å². The predicted octanol–water partition coefficient (Wildman–Crippen LogP) is 1.02. The Hall–Kier alpha value is -2.11. The highest BCUT2D eigenvalue weighted by Gasteiger charge is 2.17. The number of carboxylic acid groups (broad SMARTS) is 1. The molecule has 1 amide bonds. The number of nitrogens with zero attached hydrogens (tertiary/aromatic N) is 1. The third-order valence-electron chi connectivity index (χ3n) is 2.48. The van der Waals surface area contributed by atoms with Crippen LogP contribution in [0.5, 0.6) is 5.75 Å². The van der Waals surface area contributed by atoms with Crippen LogP contribution in [-0.2, 0) is 4.79 Å². The number of amides is 1. The number of hydrogen-bond donors (Lipinski definition) is 3. The lowest BCUT2D eigenvalue weighted by Crippen LogP contribution is -2.32. The zero-order chi connectivity index (χ0) is 13.5. The van der Waals surface area contributed by atoms with Crippen LogP contribution >= 0.6 is 0 Å². The number of rotatable bonds is 6. The third-order valence-corrected chi connectivity index (χ3v) is 2.48. The van der Waals surface area contributed by atoms with E-state index in [-0.39, 0.29) is 17.9 Å². The molecular weight excluding hydrogens is 236 g/mol. The first-order valence-electron chi connectivity index (χ1n) is 5.69. The lowest BCUT2D eigenvalue weighted by molar-refractivity contribution is -0.141. The molecule has 6 nitrogen and oxygen atoms in total. The smallest absolute Gasteiger partial charge is 0.308 e. The summed E-state index contributed by atoms with van der Waals surface area (Å²) in [6.45, 7) is 1.95. The van der Waals surface area contributed by atoms with Gasteiger partial charge in [0, 0.05) is 12.7 Å². The zero-order valence-corrected chi connectivity index (χ0v) is 10.1. The first-order valence-corrected chi connectivity index (χ1v) is 5.69. The molecule has 98 valence electrons. The van der Waals surface area contributed by atoms with Gasteiger partial charge >= 0.3 is 5.97 Å². The fourth-order valence-corrected chi connectivity index (χ4v) is 1.53. The summed E-state index contributed by atoms with van der Waals surface area (Å²) in [6.07, 6.45) is 3.77. The number of pyridine rings is 1. The Morgan fingerprint density at radius 1 is 1.44 bits per heavy atom. The van der Waals surface area contributed by atoms with Gasteiger partial charge < -0.3 is 15.5 Å². The van der Waals surface area contributed by atoms with Crippen LogP contribution in [0.1, 0.15) is 30.1 Å². The normalized spacial score (nSPS) is 11.8. The van der Waals surface area contributed by atoms with E-state index >= 15 is 0 Å². The van der Waals surface area contributed by atoms with Crippen LogP contribution < -0.4 is 5.32 Å². The first kappa shape index (κ1) is 14.0. The van der Waals surface area contributed by atoms with Gasteiger partial charge in [-0.1, -0.05) is 13.3 Å². The van der Waals surface area contributed by atoms with Crippen molar-refractivity contribution in [2.75, 3.05) is 6.54 Å². The highest BCUT2D eigenvalue weighted by molar-refractivity contribution is 5.94. The van der Waals surface area contributed by atoms with E-state index in [1.807, 2.05) is 6.92 Å². The van der Waals surface area contributed by atoms with Crippen LogP contribution in [0, 0.1) is 5.92 Å². The monoisotopic (exact) mass is 252 g/mol. The maximum absolute atomic E-state index is 11.7. The summed E-state index contributed by atoms with van der Waals surface area (Å²) in [4.78, 5) is 26.2. The summed E-state index contributed by atoms with van der Waals surface area (Å²) in [7, 11) is 0. The number of carbonyl (C=O) groups is 2. The fraction of sp³-hybridized carbons (Fsp3) is 0.417. The van der Waals surface area contributed by atoms with Crippen molar-refractivity contribution in [1.29, 1.82) is 0 Å². The standard InChI is InChI=1S/C12H16N2O4/c1-2-3-8(12(17)18)6-14-11(16)9-4-10(15)7-13-5-9/h4-5,7-8,15H,2-3,6H2,1H3,(H,14,16)(H,17,18). The molecule has 0 saturated heterocycles. The van der Waals surface area contributed by atoms with E-state index in [2.05, 4.69) is 10.3 Å². The van der Waals surface area contributed by atoms with Gasteiger partial charge in [0.1, 0.15) is 5.75 Å². The van der Waals surface area contributed by atoms with E-state index in [0.717, 1.165) is 6.42 Å². The molecule has 0 aromatic carbocycles. The van der Waals surface area contributed by atoms with Crippen LogP contribution in [-0.4, -0.2) is 33.6 Å². The van der Waals surface area contributed by atoms with Gasteiger partial charge in [-0.25, -0.2) is 0 Å². The van der Waals surface area contributed by atoms with Gasteiger partial charge in [0.05, 0.1) is 17.7 Å². The molecule has 1 heterocycles. The van der Waals surface area contributed by atoms with Crippen LogP contribution in [0.3, 0.4) is 0 Å². The fourth-order valence-electron chi connectivity index (χ4n) is 1.53. The van der Waals surface area contributed by atoms with E-state index in [1.54, 1.807) is 0 Å². The van der Waals surface area contributed by atoms with E-state index < -0.39 is 17.8 Å². The molecule has 0 saturated carbocycles. The molecule has 3 N–H and O–H groups in total. The lowest BCUT2D eigenvalue weighted by Gasteiger charge is -2.12. The second-order valence-corrected chi connectivity index (χ2v) is 3.97. The number of aromatic hydroxyl groups is 1. The Balaban J connectivity index is 2.57. The van der Waals surface area contributed by atoms with Gasteiger partial charge in [-0.15, -0.1) is 0 Å². The van der Waals surface area contributed by atoms with Crippen LogP contribution in [0.2, 0.25) is 0 Å². The minimum absolute atomic E-state index is 0.0671. The molecule has 1 unspecified atom stereocenters. The van der Waals surface area contributed by atoms with Gasteiger partial charge in [-0.05, 0) is 12.5 Å². The molecule has 0 aliphatic rings. The quantitative estimate of drug-likeness (QED) is 0.701. The summed E-state index contributed by atoms with van der Waals surface area (Å²) in [5, 5.41) is 20.6. The molecule has 6 heteroatoms. The second-order valence-electron chi connectivity index (χ2n) is 3.97. The van der Waals surface area contributed by atoms with Crippen molar-refractivity contribution in [2.24, 2.45) is 5.92 Å². The average Bonchev–Trinajstić information content (AvgIpc) is 2.33. The molecule has 0 aliphatic heterocycles. The van der Waals surface area contributed by atoms with Gasteiger partial charge in [-0.2, -0.15) is 0 Å². The van der Waals surface area contributed by atoms with E-state index in [4.69, 9.17) is 5.11 Å². The maximum atomic E-state index is 11.7. The zero-order valence-electron chi connectivity index (χ0n) is 10.1. The molecule has 0 spiro atoms. The number of aliphatic carboxylic acids is 1. The summed E-state index contributed by atoms with van der Waals surface area (Å²) >= 11 is 0. The Morgan fingerprint density at radius 3 is 2.72 bits per heavy atom. The third kappa shape index (κ3) is 4.04. The molecule has 0 aliphatic carbocycles. The summed E-state index contributed by atoms with van der Waals surface area (Å²) in [5.41, 5.74) is 0.204. The number of carboxylic acids is 1. The molecule has 1 atom stereocenters. The summed E-state index contributed by atoms with van der Waals surface area (Å²) < 4.78 is 0. The number of aromatic nitrogens is 1. The number of hydrogen-bond acceptors (Lipinski definition) is 4. The van der Waals surface area contributed by atoms with Crippen molar-refractivity contribution < 1.29 is 19.8 Å². The Kier molecular flexibility index (Phi) is 5.10. The average molecular weight is 252 g/mol. The van der Waals surface area contributed by atoms with Crippen LogP contribution in [0.15, 0.2) is 18.5 Å². The van der Waals surface area contributed by atoms with Gasteiger partial charge in [-0.3, -0.25) is 14.6 Å². The number of nitrogens with one attached hydrogen (secondary N) is 1. The van der Waals surface area contributed by atoms with Crippen molar-refractivity contribution in [2.45, 2.75) is 19.8 Å². The maximum Gasteiger partial charge on any atom is 0.308 e. The van der Waals surface area contributed by atoms with E-state index in [0.29, 0.717) is 6.42 Å². The van der Waals surface area contributed by atoms with Gasteiger partial charge in [0.15, 0.2) is 0 Å². The van der Waals surface area contributed by atoms with Gasteiger partial charge in [0.2, 0.25) is 0 Å². The van der Waals surface area contributed by atoms with Crippen molar-refractivity contribution in [3.8, 4) is 5.75 Å². The highest BCUT2D eigenvalue weighted by Crippen LogP contribution is 2.09. The van der Waals surface area contributed by atoms with Crippen molar-refractivity contribution >= 4 is 11.9 Å². The largest absolute Gasteiger partial charge is 0.506 e. The molecule has 0 radical (unpaired) electrons. The molecule has 1 aromatic rings. The Labute approximate surface area is 105 Å². The van der Waals surface area contributed by atoms with Crippen molar-refractivity contribution in [3.63, 3.8) is 0 Å². The first-order chi connectivity index (χ1) is 8.54. The van der Waals surface area contributed by atoms with E-state index in [1.165, 1.54) is 18.5 Å². The Bertz CT molecular complexity index is 434. The molecular formula is C12H16N2O4. The minimum atomic E-state index is -0.925. The molecule has 0 bridgehead atoms. The van der Waals surface area contributed by atoms with E-state index in [9.17, 15) is 14.7 Å². The SMILES string of the molecule is CCCC(CNC(=O)c1cncc(O)c1)C(=O)O. The summed E-state index contributed by atoms with van der Waals surface area (Å²) in [6, 6.07) is 1.28. The summed E-state index contributed by atoms with van der Waals surface area (Å²) in [5.74, 6) is -2.07. The van der Waals surface area contributed by atoms with Crippen LogP contribution in [0.4, 0.5) is 0 Å². The molecule has 1 rings (SSSR count). The minimum Gasteiger partial charge on any atom is -0.506 e. The second kappa shape index (κ2) is 6.58. The Morgan fingerprint density at radius 2 is 2.17 bits per heavy atom. The topological polar surface area (TPSA) is 99.5 Å². The predicted molar refractivity (Wildman–Crippen MR) is 64.3 cm³/mol. The van der Waals surface area contributed by atoms with Crippen LogP contribution in [0.25, 0.3) is 0 Å². The number of carbonyl (C=O) groups excluding carboxylic acids is 1. The highest BCUT2D eigenvalue weighted by atomic mass is 16.4. The van der Waals surface area contributed by atoms with Crippen molar-refractivity contribution in [1.82, 2.24) is 10.3 Å². The molecule has 18 heavy (non-hydrogen) atoms. The molecule has 0 fully saturated rings.